The van der Waals surface area contributed by atoms with Gasteiger partial charge in [-0.15, -0.1) is 0 Å². The van der Waals surface area contributed by atoms with Crippen LogP contribution in [0.1, 0.15) is 174 Å². The number of hydrogen-bond acceptors (Lipinski definition) is 6. The summed E-state index contributed by atoms with van der Waals surface area (Å²) in [6.07, 6.45) is 25.5. The zero-order valence-electron chi connectivity index (χ0n) is 24.1. The van der Waals surface area contributed by atoms with Crippen molar-refractivity contribution in [2.24, 2.45) is 0 Å². The second-order valence-corrected chi connectivity index (χ2v) is 10.4. The molecular weight excluding hydrogens is 468 g/mol. The van der Waals surface area contributed by atoms with Crippen LogP contribution in [0, 0.1) is 0 Å². The molecule has 0 aromatic carbocycles. The van der Waals surface area contributed by atoms with Crippen LogP contribution >= 0.6 is 0 Å². The standard InChI is InChI=1S/C31H56O6/c1-3-5-7-9-11-13-15-17-19-21-23-25-28(32)36-30(34)27-31(35)37-29(33)26-24-22-20-18-16-14-12-10-8-6-4-2/h3-27H2,1-2H3. The average molecular weight is 525 g/mol. The first-order chi connectivity index (χ1) is 18.0. The number of esters is 4. The summed E-state index contributed by atoms with van der Waals surface area (Å²) >= 11 is 0. The van der Waals surface area contributed by atoms with E-state index in [9.17, 15) is 19.2 Å². The molecule has 216 valence electrons. The Balaban J connectivity index is 3.58. The van der Waals surface area contributed by atoms with Gasteiger partial charge in [0.2, 0.25) is 0 Å². The summed E-state index contributed by atoms with van der Waals surface area (Å²) in [5.74, 6) is -3.16. The third kappa shape index (κ3) is 27.1. The van der Waals surface area contributed by atoms with Crippen molar-refractivity contribution in [3.8, 4) is 0 Å². The van der Waals surface area contributed by atoms with E-state index in [-0.39, 0.29) is 12.8 Å². The maximum atomic E-state index is 11.8. The maximum Gasteiger partial charge on any atom is 0.324 e. The molecule has 0 N–H and O–H groups in total. The molecular formula is C31H56O6. The largest absolute Gasteiger partial charge is 0.393 e. The Morgan fingerprint density at radius 1 is 0.351 bits per heavy atom. The normalized spacial score (nSPS) is 10.9. The van der Waals surface area contributed by atoms with Gasteiger partial charge in [-0.05, 0) is 12.8 Å². The predicted molar refractivity (Wildman–Crippen MR) is 149 cm³/mol. The number of rotatable bonds is 26. The molecule has 0 atom stereocenters. The number of unbranched alkanes of at least 4 members (excludes halogenated alkanes) is 20. The first-order valence-corrected chi connectivity index (χ1v) is 15.5. The van der Waals surface area contributed by atoms with Gasteiger partial charge in [0.1, 0.15) is 6.42 Å². The molecule has 0 spiro atoms. The number of carbonyl (C=O) groups is 4. The van der Waals surface area contributed by atoms with E-state index < -0.39 is 30.3 Å². The fourth-order valence-electron chi connectivity index (χ4n) is 4.41. The number of hydrogen-bond donors (Lipinski definition) is 0. The first kappa shape index (κ1) is 35.3. The number of carbonyl (C=O) groups excluding carboxylic acids is 4. The molecule has 0 saturated heterocycles. The highest BCUT2D eigenvalue weighted by atomic mass is 16.6. The summed E-state index contributed by atoms with van der Waals surface area (Å²) in [5.41, 5.74) is 0. The van der Waals surface area contributed by atoms with Crippen LogP contribution in [0.5, 0.6) is 0 Å². The van der Waals surface area contributed by atoms with Crippen LogP contribution in [0.4, 0.5) is 0 Å². The second-order valence-electron chi connectivity index (χ2n) is 10.4. The van der Waals surface area contributed by atoms with Gasteiger partial charge in [0, 0.05) is 12.8 Å². The molecule has 0 aliphatic heterocycles. The first-order valence-electron chi connectivity index (χ1n) is 15.5. The molecule has 0 rings (SSSR count). The molecule has 0 aliphatic carbocycles. The summed E-state index contributed by atoms with van der Waals surface area (Å²) in [7, 11) is 0. The zero-order chi connectivity index (χ0) is 27.4. The van der Waals surface area contributed by atoms with Crippen molar-refractivity contribution < 1.29 is 28.7 Å². The predicted octanol–water partition coefficient (Wildman–Crippen LogP) is 8.92. The van der Waals surface area contributed by atoms with Crippen molar-refractivity contribution in [2.75, 3.05) is 0 Å². The SMILES string of the molecule is CCCCCCCCCCCCCC(=O)OC(=O)CC(=O)OC(=O)CCCCCCCCCCCCC. The van der Waals surface area contributed by atoms with E-state index in [4.69, 9.17) is 0 Å². The smallest absolute Gasteiger partial charge is 0.324 e. The van der Waals surface area contributed by atoms with E-state index in [0.29, 0.717) is 12.8 Å². The van der Waals surface area contributed by atoms with E-state index in [1.165, 1.54) is 103 Å². The van der Waals surface area contributed by atoms with Crippen molar-refractivity contribution in [1.29, 1.82) is 0 Å². The molecule has 0 aliphatic rings. The summed E-state index contributed by atoms with van der Waals surface area (Å²) in [4.78, 5) is 47.1. The minimum Gasteiger partial charge on any atom is -0.393 e. The summed E-state index contributed by atoms with van der Waals surface area (Å²) in [6, 6.07) is 0. The Labute approximate surface area is 227 Å². The Bertz CT molecular complexity index is 536. The lowest BCUT2D eigenvalue weighted by atomic mass is 10.1. The van der Waals surface area contributed by atoms with Crippen LogP contribution in [-0.2, 0) is 28.7 Å². The maximum absolute atomic E-state index is 11.8. The Morgan fingerprint density at radius 2 is 0.595 bits per heavy atom. The highest BCUT2D eigenvalue weighted by Crippen LogP contribution is 2.13. The topological polar surface area (TPSA) is 86.7 Å². The molecule has 0 saturated carbocycles. The molecule has 0 aromatic heterocycles. The lowest BCUT2D eigenvalue weighted by molar-refractivity contribution is -0.165. The third-order valence-electron chi connectivity index (χ3n) is 6.71. The molecule has 37 heavy (non-hydrogen) atoms. The van der Waals surface area contributed by atoms with Gasteiger partial charge >= 0.3 is 23.9 Å². The van der Waals surface area contributed by atoms with Gasteiger partial charge in [0.25, 0.3) is 0 Å². The van der Waals surface area contributed by atoms with Crippen LogP contribution in [-0.4, -0.2) is 23.9 Å². The lowest BCUT2D eigenvalue weighted by Crippen LogP contribution is -2.19. The summed E-state index contributed by atoms with van der Waals surface area (Å²) in [6.45, 7) is 4.45. The molecule has 0 aromatic rings. The van der Waals surface area contributed by atoms with E-state index in [1.807, 2.05) is 0 Å². The monoisotopic (exact) mass is 524 g/mol. The quantitative estimate of drug-likeness (QED) is 0.0637. The Kier molecular flexibility index (Phi) is 26.0. The molecule has 6 heteroatoms. The van der Waals surface area contributed by atoms with Gasteiger partial charge in [-0.2, -0.15) is 0 Å². The van der Waals surface area contributed by atoms with Crippen molar-refractivity contribution >= 4 is 23.9 Å². The van der Waals surface area contributed by atoms with E-state index in [2.05, 4.69) is 23.3 Å². The van der Waals surface area contributed by atoms with Crippen LogP contribution in [0.25, 0.3) is 0 Å². The van der Waals surface area contributed by atoms with Crippen molar-refractivity contribution in [3.63, 3.8) is 0 Å². The van der Waals surface area contributed by atoms with Crippen LogP contribution in [0.2, 0.25) is 0 Å². The average Bonchev–Trinajstić information content (AvgIpc) is 2.85. The van der Waals surface area contributed by atoms with Gasteiger partial charge in [-0.25, -0.2) is 0 Å². The van der Waals surface area contributed by atoms with E-state index in [0.717, 1.165) is 25.7 Å². The van der Waals surface area contributed by atoms with Crippen LogP contribution < -0.4 is 0 Å². The highest BCUT2D eigenvalue weighted by molar-refractivity contribution is 5.99. The minimum absolute atomic E-state index is 0.162. The molecule has 0 fully saturated rings. The second kappa shape index (κ2) is 27.3. The van der Waals surface area contributed by atoms with Crippen molar-refractivity contribution in [1.82, 2.24) is 0 Å². The molecule has 6 nitrogen and oxygen atoms in total. The van der Waals surface area contributed by atoms with Gasteiger partial charge in [-0.1, -0.05) is 142 Å². The third-order valence-corrected chi connectivity index (χ3v) is 6.71. The van der Waals surface area contributed by atoms with Gasteiger partial charge in [-0.3, -0.25) is 19.2 Å². The Hall–Kier alpha value is -1.72. The summed E-state index contributed by atoms with van der Waals surface area (Å²) in [5, 5.41) is 0. The van der Waals surface area contributed by atoms with E-state index >= 15 is 0 Å². The van der Waals surface area contributed by atoms with Gasteiger partial charge < -0.3 is 9.47 Å². The molecule has 0 heterocycles. The van der Waals surface area contributed by atoms with Crippen molar-refractivity contribution in [3.05, 3.63) is 0 Å². The Morgan fingerprint density at radius 3 is 0.865 bits per heavy atom. The lowest BCUT2D eigenvalue weighted by Gasteiger charge is -2.05. The fourth-order valence-corrected chi connectivity index (χ4v) is 4.41. The van der Waals surface area contributed by atoms with Gasteiger partial charge in [0.05, 0.1) is 0 Å². The van der Waals surface area contributed by atoms with Crippen molar-refractivity contribution in [2.45, 2.75) is 174 Å². The molecule has 0 amide bonds. The van der Waals surface area contributed by atoms with Crippen LogP contribution in [0.3, 0.4) is 0 Å². The molecule has 0 radical (unpaired) electrons. The fraction of sp³-hybridized carbons (Fsp3) is 0.871. The molecule has 0 bridgehead atoms. The number of ether oxygens (including phenoxy) is 2. The van der Waals surface area contributed by atoms with E-state index in [1.54, 1.807) is 0 Å². The van der Waals surface area contributed by atoms with Crippen LogP contribution in [0.15, 0.2) is 0 Å². The highest BCUT2D eigenvalue weighted by Gasteiger charge is 2.18. The molecule has 0 unspecified atom stereocenters. The zero-order valence-corrected chi connectivity index (χ0v) is 24.1. The minimum atomic E-state index is -0.958. The summed E-state index contributed by atoms with van der Waals surface area (Å²) < 4.78 is 9.35. The van der Waals surface area contributed by atoms with Gasteiger partial charge in [0.15, 0.2) is 0 Å².